The predicted octanol–water partition coefficient (Wildman–Crippen LogP) is 2.53. The molecule has 3 rings (SSSR count). The van der Waals surface area contributed by atoms with E-state index in [9.17, 15) is 14.4 Å². The second-order valence-corrected chi connectivity index (χ2v) is 6.76. The molecule has 1 fully saturated rings. The Kier molecular flexibility index (Phi) is 5.66. The molecule has 1 amide bonds. The molecule has 0 N–H and O–H groups in total. The number of carbonyl (C=O) groups is 2. The maximum atomic E-state index is 12.7. The van der Waals surface area contributed by atoms with Gasteiger partial charge in [-0.2, -0.15) is 0 Å². The minimum atomic E-state index is -0.174. The molecule has 136 valence electrons. The van der Waals surface area contributed by atoms with Gasteiger partial charge in [0.15, 0.2) is 0 Å². The fourth-order valence-electron chi connectivity index (χ4n) is 3.45. The molecule has 0 aliphatic carbocycles. The molecule has 2 heterocycles. The monoisotopic (exact) mass is 352 g/mol. The number of Topliss-reactive ketones (excluding diaryl/α,β-unsaturated/α-hetero) is 1. The number of pyridine rings is 1. The number of rotatable bonds is 5. The zero-order valence-electron chi connectivity index (χ0n) is 15.1. The van der Waals surface area contributed by atoms with Crippen molar-refractivity contribution in [1.82, 2.24) is 9.47 Å². The van der Waals surface area contributed by atoms with Crippen molar-refractivity contribution < 1.29 is 9.59 Å². The number of likely N-dealkylation sites (tertiary alicyclic amines) is 1. The number of carbonyl (C=O) groups excluding carboxylic acids is 2. The summed E-state index contributed by atoms with van der Waals surface area (Å²) in [5.41, 5.74) is 1.23. The Labute approximate surface area is 153 Å². The van der Waals surface area contributed by atoms with Crippen molar-refractivity contribution in [2.45, 2.75) is 32.7 Å². The van der Waals surface area contributed by atoms with E-state index >= 15 is 0 Å². The second kappa shape index (κ2) is 8.13. The summed E-state index contributed by atoms with van der Waals surface area (Å²) in [7, 11) is 0. The first-order valence-electron chi connectivity index (χ1n) is 9.15. The summed E-state index contributed by atoms with van der Waals surface area (Å²) in [4.78, 5) is 39.0. The number of amides is 1. The van der Waals surface area contributed by atoms with Gasteiger partial charge in [0, 0.05) is 49.8 Å². The van der Waals surface area contributed by atoms with Crippen LogP contribution < -0.4 is 5.56 Å². The van der Waals surface area contributed by atoms with Gasteiger partial charge in [-0.05, 0) is 31.4 Å². The van der Waals surface area contributed by atoms with Crippen molar-refractivity contribution in [2.24, 2.45) is 5.92 Å². The van der Waals surface area contributed by atoms with E-state index in [0.717, 1.165) is 18.4 Å². The van der Waals surface area contributed by atoms with Crippen molar-refractivity contribution in [1.29, 1.82) is 0 Å². The smallest absolute Gasteiger partial charge is 0.254 e. The molecule has 1 aromatic heterocycles. The maximum absolute atomic E-state index is 12.7. The summed E-state index contributed by atoms with van der Waals surface area (Å²) in [6, 6.07) is 12.8. The third-order valence-electron chi connectivity index (χ3n) is 4.97. The van der Waals surface area contributed by atoms with E-state index in [1.165, 1.54) is 6.07 Å². The number of benzene rings is 1. The van der Waals surface area contributed by atoms with Gasteiger partial charge in [-0.1, -0.05) is 30.3 Å². The molecule has 5 nitrogen and oxygen atoms in total. The summed E-state index contributed by atoms with van der Waals surface area (Å²) < 4.78 is 1.55. The lowest BCUT2D eigenvalue weighted by atomic mass is 9.90. The molecule has 1 unspecified atom stereocenters. The molecular formula is C21H24N2O3. The van der Waals surface area contributed by atoms with Crippen molar-refractivity contribution in [3.8, 4) is 0 Å². The van der Waals surface area contributed by atoms with Gasteiger partial charge < -0.3 is 9.47 Å². The summed E-state index contributed by atoms with van der Waals surface area (Å²) in [5.74, 6) is -0.124. The van der Waals surface area contributed by atoms with Gasteiger partial charge in [-0.25, -0.2) is 0 Å². The summed E-state index contributed by atoms with van der Waals surface area (Å²) >= 11 is 0. The van der Waals surface area contributed by atoms with Crippen molar-refractivity contribution in [3.63, 3.8) is 0 Å². The van der Waals surface area contributed by atoms with E-state index in [2.05, 4.69) is 0 Å². The predicted molar refractivity (Wildman–Crippen MR) is 100 cm³/mol. The van der Waals surface area contributed by atoms with Crippen LogP contribution >= 0.6 is 0 Å². The number of hydrogen-bond acceptors (Lipinski definition) is 3. The lowest BCUT2D eigenvalue weighted by Gasteiger charge is -2.32. The van der Waals surface area contributed by atoms with Crippen LogP contribution in [0.25, 0.3) is 0 Å². The first-order valence-corrected chi connectivity index (χ1v) is 9.15. The largest absolute Gasteiger partial charge is 0.338 e. The zero-order chi connectivity index (χ0) is 18.5. The van der Waals surface area contributed by atoms with E-state index in [-0.39, 0.29) is 23.2 Å². The number of piperidine rings is 1. The van der Waals surface area contributed by atoms with Crippen molar-refractivity contribution in [3.05, 3.63) is 70.1 Å². The van der Waals surface area contributed by atoms with Crippen LogP contribution in [0.1, 0.15) is 35.7 Å². The SMILES string of the molecule is CCn1ccc(C(=O)N2CCCC(C(=O)Cc3ccccc3)C2)cc1=O. The first kappa shape index (κ1) is 18.1. The van der Waals surface area contributed by atoms with Crippen LogP contribution in [0.4, 0.5) is 0 Å². The van der Waals surface area contributed by atoms with Crippen LogP contribution in [0.3, 0.4) is 0 Å². The van der Waals surface area contributed by atoms with Crippen molar-refractivity contribution >= 4 is 11.7 Å². The van der Waals surface area contributed by atoms with Gasteiger partial charge in [0.05, 0.1) is 0 Å². The highest BCUT2D eigenvalue weighted by Gasteiger charge is 2.28. The van der Waals surface area contributed by atoms with E-state index in [1.807, 2.05) is 37.3 Å². The maximum Gasteiger partial charge on any atom is 0.254 e. The molecule has 0 saturated carbocycles. The molecule has 26 heavy (non-hydrogen) atoms. The average molecular weight is 352 g/mol. The van der Waals surface area contributed by atoms with Crippen molar-refractivity contribution in [2.75, 3.05) is 13.1 Å². The van der Waals surface area contributed by atoms with Crippen LogP contribution in [0.2, 0.25) is 0 Å². The Hall–Kier alpha value is -2.69. The van der Waals surface area contributed by atoms with Gasteiger partial charge >= 0.3 is 0 Å². The molecule has 5 heteroatoms. The number of hydrogen-bond donors (Lipinski definition) is 0. The number of aromatic nitrogens is 1. The van der Waals surface area contributed by atoms with Gasteiger partial charge in [0.1, 0.15) is 5.78 Å². The third-order valence-corrected chi connectivity index (χ3v) is 4.97. The minimum absolute atomic E-state index is 0.135. The molecule has 0 radical (unpaired) electrons. The number of aryl methyl sites for hydroxylation is 1. The molecule has 1 atom stereocenters. The molecule has 1 aromatic carbocycles. The Balaban J connectivity index is 1.67. The van der Waals surface area contributed by atoms with Crippen LogP contribution in [0.5, 0.6) is 0 Å². The summed E-state index contributed by atoms with van der Waals surface area (Å²) in [6.07, 6.45) is 3.67. The molecule has 2 aromatic rings. The topological polar surface area (TPSA) is 59.4 Å². The highest BCUT2D eigenvalue weighted by molar-refractivity contribution is 5.94. The lowest BCUT2D eigenvalue weighted by Crippen LogP contribution is -2.43. The van der Waals surface area contributed by atoms with Gasteiger partial charge in [-0.3, -0.25) is 14.4 Å². The highest BCUT2D eigenvalue weighted by Crippen LogP contribution is 2.21. The molecular weight excluding hydrogens is 328 g/mol. The van der Waals surface area contributed by atoms with Gasteiger partial charge in [-0.15, -0.1) is 0 Å². The highest BCUT2D eigenvalue weighted by atomic mass is 16.2. The molecule has 0 spiro atoms. The minimum Gasteiger partial charge on any atom is -0.338 e. The van der Waals surface area contributed by atoms with Gasteiger partial charge in [0.2, 0.25) is 0 Å². The zero-order valence-corrected chi connectivity index (χ0v) is 15.1. The third kappa shape index (κ3) is 4.10. The fraction of sp³-hybridized carbons (Fsp3) is 0.381. The summed E-state index contributed by atoms with van der Waals surface area (Å²) in [6.45, 7) is 3.52. The quantitative estimate of drug-likeness (QED) is 0.831. The average Bonchev–Trinajstić information content (AvgIpc) is 2.68. The number of ketones is 1. The Morgan fingerprint density at radius 1 is 1.15 bits per heavy atom. The normalized spacial score (nSPS) is 17.1. The van der Waals surface area contributed by atoms with E-state index in [1.54, 1.807) is 21.7 Å². The number of nitrogens with zero attached hydrogens (tertiary/aromatic N) is 2. The molecule has 1 aliphatic heterocycles. The van der Waals surface area contributed by atoms with E-state index in [4.69, 9.17) is 0 Å². The van der Waals surface area contributed by atoms with Gasteiger partial charge in [0.25, 0.3) is 11.5 Å². The standard InChI is InChI=1S/C21H24N2O3/c1-2-22-12-10-17(14-20(22)25)21(26)23-11-6-9-18(15-23)19(24)13-16-7-4-3-5-8-16/h3-5,7-8,10,12,14,18H,2,6,9,11,13,15H2,1H3. The van der Waals surface area contributed by atoms with Crippen LogP contribution in [0.15, 0.2) is 53.5 Å². The molecule has 1 saturated heterocycles. The Bertz CT molecular complexity index is 842. The van der Waals surface area contributed by atoms with E-state index in [0.29, 0.717) is 31.6 Å². The first-order chi connectivity index (χ1) is 12.6. The lowest BCUT2D eigenvalue weighted by molar-refractivity contribution is -0.123. The van der Waals surface area contributed by atoms with Crippen LogP contribution in [0, 0.1) is 5.92 Å². The Morgan fingerprint density at radius 2 is 1.92 bits per heavy atom. The fourth-order valence-corrected chi connectivity index (χ4v) is 3.45. The Morgan fingerprint density at radius 3 is 2.62 bits per heavy atom. The van der Waals surface area contributed by atoms with E-state index < -0.39 is 0 Å². The second-order valence-electron chi connectivity index (χ2n) is 6.76. The summed E-state index contributed by atoms with van der Waals surface area (Å²) in [5, 5.41) is 0. The van der Waals surface area contributed by atoms with Crippen LogP contribution in [-0.4, -0.2) is 34.2 Å². The molecule has 1 aliphatic rings. The van der Waals surface area contributed by atoms with Crippen LogP contribution in [-0.2, 0) is 17.8 Å². The molecule has 0 bridgehead atoms.